The largest absolute Gasteiger partial charge is 0.351 e. The van der Waals surface area contributed by atoms with Crippen molar-refractivity contribution in [3.8, 4) is 0 Å². The molecule has 0 aliphatic heterocycles. The summed E-state index contributed by atoms with van der Waals surface area (Å²) in [5.41, 5.74) is 0.737. The third-order valence-electron chi connectivity index (χ3n) is 3.27. The van der Waals surface area contributed by atoms with Gasteiger partial charge in [-0.2, -0.15) is 0 Å². The first-order valence-electron chi connectivity index (χ1n) is 6.05. The van der Waals surface area contributed by atoms with Gasteiger partial charge in [-0.15, -0.1) is 16.7 Å². The Kier molecular flexibility index (Phi) is 3.65. The fraction of sp³-hybridized carbons (Fsp3) is 0.750. The minimum absolute atomic E-state index is 0.0775. The van der Waals surface area contributed by atoms with Crippen molar-refractivity contribution in [2.75, 3.05) is 12.4 Å². The van der Waals surface area contributed by atoms with Gasteiger partial charge in [0, 0.05) is 23.3 Å². The number of hydrogen-bond acceptors (Lipinski definition) is 4. The predicted molar refractivity (Wildman–Crippen MR) is 73.3 cm³/mol. The van der Waals surface area contributed by atoms with Crippen molar-refractivity contribution in [3.63, 3.8) is 0 Å². The van der Waals surface area contributed by atoms with Crippen molar-refractivity contribution in [2.45, 2.75) is 39.0 Å². The molecular weight excluding hydrogens is 270 g/mol. The van der Waals surface area contributed by atoms with Crippen molar-refractivity contribution in [3.05, 3.63) is 10.6 Å². The number of carbonyl (C=O) groups excluding carboxylic acids is 1. The molecule has 1 aliphatic carbocycles. The second-order valence-electron chi connectivity index (χ2n) is 6.02. The number of nitrogens with one attached hydrogen (secondary N) is 1. The Hall–Kier alpha value is -0.680. The highest BCUT2D eigenvalue weighted by Gasteiger charge is 2.42. The molecule has 18 heavy (non-hydrogen) atoms. The summed E-state index contributed by atoms with van der Waals surface area (Å²) >= 11 is 7.05. The third kappa shape index (κ3) is 2.83. The smallest absolute Gasteiger partial charge is 0.264 e. The van der Waals surface area contributed by atoms with Crippen LogP contribution in [0.25, 0.3) is 0 Å². The van der Waals surface area contributed by atoms with Crippen molar-refractivity contribution >= 4 is 29.0 Å². The maximum absolute atomic E-state index is 12.1. The minimum atomic E-state index is -0.163. The molecule has 0 aromatic carbocycles. The second-order valence-corrected chi connectivity index (χ2v) is 7.04. The van der Waals surface area contributed by atoms with Crippen molar-refractivity contribution < 1.29 is 4.79 Å². The van der Waals surface area contributed by atoms with Crippen LogP contribution in [0.15, 0.2) is 0 Å². The molecule has 0 unspecified atom stereocenters. The lowest BCUT2D eigenvalue weighted by atomic mass is 9.91. The van der Waals surface area contributed by atoms with Gasteiger partial charge in [-0.3, -0.25) is 4.79 Å². The van der Waals surface area contributed by atoms with Crippen LogP contribution in [0, 0.1) is 5.41 Å². The van der Waals surface area contributed by atoms with Crippen LogP contribution in [0.1, 0.15) is 49.0 Å². The Morgan fingerprint density at radius 3 is 2.67 bits per heavy atom. The maximum Gasteiger partial charge on any atom is 0.264 e. The van der Waals surface area contributed by atoms with E-state index in [-0.39, 0.29) is 16.7 Å². The van der Waals surface area contributed by atoms with Gasteiger partial charge in [-0.1, -0.05) is 25.3 Å². The Balaban J connectivity index is 2.03. The number of nitrogens with zero attached hydrogens (tertiary/aromatic N) is 2. The van der Waals surface area contributed by atoms with Crippen LogP contribution in [0.4, 0.5) is 0 Å². The summed E-state index contributed by atoms with van der Waals surface area (Å²) in [5.74, 6) is 0.534. The first-order valence-corrected chi connectivity index (χ1v) is 7.36. The molecule has 0 saturated heterocycles. The summed E-state index contributed by atoms with van der Waals surface area (Å²) in [7, 11) is 0. The fourth-order valence-corrected chi connectivity index (χ4v) is 2.87. The van der Waals surface area contributed by atoms with E-state index in [1.165, 1.54) is 0 Å². The van der Waals surface area contributed by atoms with E-state index in [4.69, 9.17) is 11.6 Å². The summed E-state index contributed by atoms with van der Waals surface area (Å²) < 4.78 is 3.89. The van der Waals surface area contributed by atoms with E-state index in [0.717, 1.165) is 30.1 Å². The monoisotopic (exact) mass is 287 g/mol. The quantitative estimate of drug-likeness (QED) is 0.866. The summed E-state index contributed by atoms with van der Waals surface area (Å²) in [6.45, 7) is 6.74. The lowest BCUT2D eigenvalue weighted by molar-refractivity contribution is 0.0948. The van der Waals surface area contributed by atoms with Crippen LogP contribution in [0.3, 0.4) is 0 Å². The molecule has 4 nitrogen and oxygen atoms in total. The highest BCUT2D eigenvalue weighted by molar-refractivity contribution is 7.08. The van der Waals surface area contributed by atoms with Gasteiger partial charge >= 0.3 is 0 Å². The molecule has 0 atom stereocenters. The average molecular weight is 288 g/mol. The standard InChI is InChI=1S/C12H18ClN3OS/c1-11(2,3)9-8(18-16-15-9)10(17)14-7-12(6-13)4-5-12/h4-7H2,1-3H3,(H,14,17). The predicted octanol–water partition coefficient (Wildman–Crippen LogP) is 2.58. The summed E-state index contributed by atoms with van der Waals surface area (Å²) in [5, 5.41) is 7.03. The Morgan fingerprint density at radius 2 is 2.17 bits per heavy atom. The molecule has 0 bridgehead atoms. The summed E-state index contributed by atoms with van der Waals surface area (Å²) in [6, 6.07) is 0. The molecule has 2 rings (SSSR count). The SMILES string of the molecule is CC(C)(C)c1nnsc1C(=O)NCC1(CCl)CC1. The molecule has 1 heterocycles. The van der Waals surface area contributed by atoms with Crippen LogP contribution < -0.4 is 5.32 Å². The van der Waals surface area contributed by atoms with E-state index in [2.05, 4.69) is 14.9 Å². The normalized spacial score (nSPS) is 17.6. The number of alkyl halides is 1. The second kappa shape index (κ2) is 4.78. The molecule has 6 heteroatoms. The van der Waals surface area contributed by atoms with Crippen LogP contribution in [0.2, 0.25) is 0 Å². The lowest BCUT2D eigenvalue weighted by Gasteiger charge is -2.17. The van der Waals surface area contributed by atoms with Gasteiger partial charge in [-0.05, 0) is 24.4 Å². The Bertz CT molecular complexity index is 448. The molecule has 0 radical (unpaired) electrons. The highest BCUT2D eigenvalue weighted by atomic mass is 35.5. The first-order chi connectivity index (χ1) is 8.38. The van der Waals surface area contributed by atoms with E-state index in [0.29, 0.717) is 17.3 Å². The number of carbonyl (C=O) groups is 1. The van der Waals surface area contributed by atoms with Crippen LogP contribution >= 0.6 is 23.1 Å². The van der Waals surface area contributed by atoms with Crippen LogP contribution in [-0.4, -0.2) is 27.9 Å². The molecule has 0 spiro atoms. The summed E-state index contributed by atoms with van der Waals surface area (Å²) in [6.07, 6.45) is 2.20. The zero-order valence-corrected chi connectivity index (χ0v) is 12.5. The molecule has 1 fully saturated rings. The van der Waals surface area contributed by atoms with E-state index in [9.17, 15) is 4.79 Å². The van der Waals surface area contributed by atoms with Gasteiger partial charge in [0.25, 0.3) is 5.91 Å². The molecule has 1 aromatic rings. The molecule has 100 valence electrons. The highest BCUT2D eigenvalue weighted by Crippen LogP contribution is 2.45. The van der Waals surface area contributed by atoms with Gasteiger partial charge in [0.15, 0.2) is 0 Å². The number of hydrogen-bond donors (Lipinski definition) is 1. The number of aromatic nitrogens is 2. The van der Waals surface area contributed by atoms with E-state index >= 15 is 0 Å². The zero-order valence-electron chi connectivity index (χ0n) is 10.9. The molecule has 1 aromatic heterocycles. The topological polar surface area (TPSA) is 54.9 Å². The Morgan fingerprint density at radius 1 is 1.50 bits per heavy atom. The number of amides is 1. The fourth-order valence-electron chi connectivity index (χ4n) is 1.71. The van der Waals surface area contributed by atoms with E-state index < -0.39 is 0 Å². The van der Waals surface area contributed by atoms with E-state index in [1.807, 2.05) is 20.8 Å². The van der Waals surface area contributed by atoms with Gasteiger partial charge < -0.3 is 5.32 Å². The molecule has 1 amide bonds. The van der Waals surface area contributed by atoms with Crippen molar-refractivity contribution in [1.29, 1.82) is 0 Å². The van der Waals surface area contributed by atoms with Gasteiger partial charge in [-0.25, -0.2) is 0 Å². The third-order valence-corrected chi connectivity index (χ3v) is 4.56. The number of rotatable bonds is 4. The molecule has 1 aliphatic rings. The molecular formula is C12H18ClN3OS. The molecule has 1 N–H and O–H groups in total. The van der Waals surface area contributed by atoms with Crippen molar-refractivity contribution in [1.82, 2.24) is 14.9 Å². The maximum atomic E-state index is 12.1. The lowest BCUT2D eigenvalue weighted by Crippen LogP contribution is -2.32. The number of halogens is 1. The first kappa shape index (κ1) is 13.7. The van der Waals surface area contributed by atoms with Crippen LogP contribution in [-0.2, 0) is 5.41 Å². The average Bonchev–Trinajstić information content (AvgIpc) is 2.90. The van der Waals surface area contributed by atoms with Crippen LogP contribution in [0.5, 0.6) is 0 Å². The minimum Gasteiger partial charge on any atom is -0.351 e. The summed E-state index contributed by atoms with van der Waals surface area (Å²) in [4.78, 5) is 12.8. The van der Waals surface area contributed by atoms with Crippen molar-refractivity contribution in [2.24, 2.45) is 5.41 Å². The Labute approximate surface area is 116 Å². The van der Waals surface area contributed by atoms with Gasteiger partial charge in [0.05, 0.1) is 5.69 Å². The zero-order chi connectivity index (χ0) is 13.4. The van der Waals surface area contributed by atoms with Gasteiger partial charge in [0.1, 0.15) is 4.88 Å². The molecule has 1 saturated carbocycles. The van der Waals surface area contributed by atoms with E-state index in [1.54, 1.807) is 0 Å². The van der Waals surface area contributed by atoms with Gasteiger partial charge in [0.2, 0.25) is 0 Å².